The molecule has 0 amide bonds. The molecule has 0 rings (SSSR count). The van der Waals surface area contributed by atoms with E-state index >= 15 is 0 Å². The molecular weight excluding hydrogens is 116 g/mol. The summed E-state index contributed by atoms with van der Waals surface area (Å²) in [6, 6.07) is 0. The molecule has 53 valence electrons. The first-order chi connectivity index (χ1) is 4.41. The van der Waals surface area contributed by atoms with Crippen molar-refractivity contribution in [2.24, 2.45) is 0 Å². The lowest BCUT2D eigenvalue weighted by atomic mass is 10.4. The molecule has 9 heavy (non-hydrogen) atoms. The van der Waals surface area contributed by atoms with E-state index in [-0.39, 0.29) is 0 Å². The van der Waals surface area contributed by atoms with E-state index in [0.717, 1.165) is 25.7 Å². The van der Waals surface area contributed by atoms with Gasteiger partial charge in [-0.25, -0.2) is 0 Å². The zero-order chi connectivity index (χ0) is 6.95. The van der Waals surface area contributed by atoms with Gasteiger partial charge in [0.2, 0.25) is 0 Å². The summed E-state index contributed by atoms with van der Waals surface area (Å²) in [6.45, 7) is 3.33. The number of ether oxygens (including phenoxy) is 1. The van der Waals surface area contributed by atoms with Crippen LogP contribution in [0.2, 0.25) is 0 Å². The van der Waals surface area contributed by atoms with E-state index in [1.54, 1.807) is 0 Å². The third kappa shape index (κ3) is 7.63. The zero-order valence-electron chi connectivity index (χ0n) is 5.80. The van der Waals surface area contributed by atoms with Crippen LogP contribution in [0.1, 0.15) is 19.8 Å². The molecule has 0 heterocycles. The number of rotatable bonds is 6. The monoisotopic (exact) mass is 129 g/mol. The Balaban J connectivity index is 2.66. The fourth-order valence-corrected chi connectivity index (χ4v) is 0.437. The lowest BCUT2D eigenvalue weighted by molar-refractivity contribution is -0.105. The second-order valence-corrected chi connectivity index (χ2v) is 1.80. The van der Waals surface area contributed by atoms with Crippen molar-refractivity contribution in [1.29, 1.82) is 0 Å². The van der Waals surface area contributed by atoms with Crippen LogP contribution in [0, 0.1) is 6.42 Å². The Labute approximate surface area is 56.2 Å². The summed E-state index contributed by atoms with van der Waals surface area (Å²) in [6.07, 6.45) is 4.44. The molecule has 0 aliphatic carbocycles. The smallest absolute Gasteiger partial charge is 0.126 e. The highest BCUT2D eigenvalue weighted by Crippen LogP contribution is 1.87. The minimum absolute atomic E-state index is 0.462. The lowest BCUT2D eigenvalue weighted by Crippen LogP contribution is -1.97. The fraction of sp³-hybridized carbons (Fsp3) is 0.714. The van der Waals surface area contributed by atoms with Crippen LogP contribution in [-0.2, 0) is 9.53 Å². The molecule has 0 fully saturated rings. The number of carbonyl (C=O) groups is 1. The summed E-state index contributed by atoms with van der Waals surface area (Å²) >= 11 is 0. The van der Waals surface area contributed by atoms with Gasteiger partial charge in [-0.15, -0.1) is 0 Å². The van der Waals surface area contributed by atoms with Crippen LogP contribution in [0.25, 0.3) is 0 Å². The van der Waals surface area contributed by atoms with Crippen LogP contribution in [0.5, 0.6) is 0 Å². The van der Waals surface area contributed by atoms with E-state index in [9.17, 15) is 4.79 Å². The molecule has 0 aromatic rings. The van der Waals surface area contributed by atoms with E-state index in [1.165, 1.54) is 6.42 Å². The number of hydrogen-bond donors (Lipinski definition) is 0. The van der Waals surface area contributed by atoms with E-state index in [0.29, 0.717) is 6.61 Å². The first kappa shape index (κ1) is 8.63. The maximum Gasteiger partial charge on any atom is 0.126 e. The molecule has 0 aromatic carbocycles. The van der Waals surface area contributed by atoms with E-state index in [2.05, 4.69) is 6.92 Å². The predicted octanol–water partition coefficient (Wildman–Crippen LogP) is 1.21. The van der Waals surface area contributed by atoms with Crippen LogP contribution in [-0.4, -0.2) is 19.5 Å². The minimum atomic E-state index is 0.462. The highest BCUT2D eigenvalue weighted by atomic mass is 16.5. The quantitative estimate of drug-likeness (QED) is 0.398. The van der Waals surface area contributed by atoms with Gasteiger partial charge in [0.15, 0.2) is 0 Å². The van der Waals surface area contributed by atoms with Gasteiger partial charge in [-0.3, -0.25) is 0 Å². The van der Waals surface area contributed by atoms with Gasteiger partial charge in [-0.05, 0) is 6.42 Å². The molecule has 0 aliphatic rings. The highest BCUT2D eigenvalue weighted by molar-refractivity contribution is 5.60. The molecule has 0 aliphatic heterocycles. The van der Waals surface area contributed by atoms with Crippen molar-refractivity contribution in [3.63, 3.8) is 0 Å². The van der Waals surface area contributed by atoms with Gasteiger partial charge in [0, 0.05) is 13.0 Å². The average Bonchev–Trinajstić information content (AvgIpc) is 1.89. The van der Waals surface area contributed by atoms with Crippen molar-refractivity contribution >= 4 is 6.29 Å². The van der Waals surface area contributed by atoms with Crippen molar-refractivity contribution < 1.29 is 9.53 Å². The average molecular weight is 129 g/mol. The standard InChI is InChI=1S/C7H13O2/c1-2-3-6-9-7-4-5-8/h4-5H,2-3,6-7H2,1H3. The molecule has 0 spiro atoms. The SMILES string of the molecule is CCCCOC[CH]C=O. The normalized spacial score (nSPS) is 9.44. The molecular formula is C7H13O2. The molecule has 0 saturated carbocycles. The number of aldehydes is 1. The summed E-state index contributed by atoms with van der Waals surface area (Å²) in [5.74, 6) is 0. The van der Waals surface area contributed by atoms with E-state index in [1.807, 2.05) is 0 Å². The van der Waals surface area contributed by atoms with Crippen molar-refractivity contribution in [2.45, 2.75) is 19.8 Å². The number of carbonyl (C=O) groups excluding carboxylic acids is 1. The first-order valence-corrected chi connectivity index (χ1v) is 3.26. The van der Waals surface area contributed by atoms with E-state index < -0.39 is 0 Å². The van der Waals surface area contributed by atoms with Gasteiger partial charge in [0.1, 0.15) is 6.29 Å². The zero-order valence-corrected chi connectivity index (χ0v) is 5.80. The maximum absolute atomic E-state index is 9.70. The maximum atomic E-state index is 9.70. The van der Waals surface area contributed by atoms with Crippen molar-refractivity contribution in [2.75, 3.05) is 13.2 Å². The van der Waals surface area contributed by atoms with Gasteiger partial charge >= 0.3 is 0 Å². The molecule has 0 aromatic heterocycles. The third-order valence-electron chi connectivity index (χ3n) is 0.953. The molecule has 1 radical (unpaired) electrons. The Morgan fingerprint density at radius 2 is 2.33 bits per heavy atom. The van der Waals surface area contributed by atoms with Gasteiger partial charge in [0.25, 0.3) is 0 Å². The Hall–Kier alpha value is -0.370. The fourth-order valence-electron chi connectivity index (χ4n) is 0.437. The molecule has 2 heteroatoms. The predicted molar refractivity (Wildman–Crippen MR) is 36.1 cm³/mol. The summed E-state index contributed by atoms with van der Waals surface area (Å²) in [5, 5.41) is 0. The molecule has 0 bridgehead atoms. The van der Waals surface area contributed by atoms with Crippen molar-refractivity contribution in [3.8, 4) is 0 Å². The number of unbranched alkanes of at least 4 members (excludes halogenated alkanes) is 1. The summed E-state index contributed by atoms with van der Waals surface area (Å²) in [5.41, 5.74) is 0. The van der Waals surface area contributed by atoms with E-state index in [4.69, 9.17) is 4.74 Å². The summed E-state index contributed by atoms with van der Waals surface area (Å²) < 4.78 is 5.03. The highest BCUT2D eigenvalue weighted by Gasteiger charge is 1.84. The first-order valence-electron chi connectivity index (χ1n) is 3.26. The van der Waals surface area contributed by atoms with Crippen LogP contribution in [0.4, 0.5) is 0 Å². The Morgan fingerprint density at radius 3 is 2.89 bits per heavy atom. The Bertz CT molecular complexity index is 61.9. The second kappa shape index (κ2) is 7.63. The van der Waals surface area contributed by atoms with Crippen LogP contribution in [0.15, 0.2) is 0 Å². The van der Waals surface area contributed by atoms with Crippen LogP contribution < -0.4 is 0 Å². The topological polar surface area (TPSA) is 26.3 Å². The summed E-state index contributed by atoms with van der Waals surface area (Å²) in [7, 11) is 0. The molecule has 0 N–H and O–H groups in total. The van der Waals surface area contributed by atoms with Crippen molar-refractivity contribution in [1.82, 2.24) is 0 Å². The summed E-state index contributed by atoms with van der Waals surface area (Å²) in [4.78, 5) is 9.70. The minimum Gasteiger partial charge on any atom is -0.381 e. The van der Waals surface area contributed by atoms with Gasteiger partial charge in [-0.1, -0.05) is 13.3 Å². The van der Waals surface area contributed by atoms with Crippen LogP contribution >= 0.6 is 0 Å². The Morgan fingerprint density at radius 1 is 1.56 bits per heavy atom. The van der Waals surface area contributed by atoms with Crippen molar-refractivity contribution in [3.05, 3.63) is 6.42 Å². The lowest BCUT2D eigenvalue weighted by Gasteiger charge is -1.97. The van der Waals surface area contributed by atoms with Gasteiger partial charge in [-0.2, -0.15) is 0 Å². The largest absolute Gasteiger partial charge is 0.381 e. The van der Waals surface area contributed by atoms with Crippen LogP contribution in [0.3, 0.4) is 0 Å². The molecule has 0 unspecified atom stereocenters. The molecule has 0 atom stereocenters. The number of hydrogen-bond acceptors (Lipinski definition) is 2. The van der Waals surface area contributed by atoms with Gasteiger partial charge < -0.3 is 9.53 Å². The third-order valence-corrected chi connectivity index (χ3v) is 0.953. The second-order valence-electron chi connectivity index (χ2n) is 1.80. The molecule has 2 nitrogen and oxygen atoms in total. The molecule has 0 saturated heterocycles. The van der Waals surface area contributed by atoms with Gasteiger partial charge in [0.05, 0.1) is 6.61 Å². The Kier molecular flexibility index (Phi) is 7.32.